The first-order valence-corrected chi connectivity index (χ1v) is 7.92. The van der Waals surface area contributed by atoms with Crippen molar-refractivity contribution in [3.05, 3.63) is 29.3 Å². The molecule has 1 heterocycles. The van der Waals surface area contributed by atoms with Crippen molar-refractivity contribution in [1.82, 2.24) is 15.8 Å². The molecule has 0 unspecified atom stereocenters. The van der Waals surface area contributed by atoms with Gasteiger partial charge < -0.3 is 10.2 Å². The van der Waals surface area contributed by atoms with E-state index in [9.17, 15) is 14.4 Å². The normalized spacial score (nSPS) is 20.1. The van der Waals surface area contributed by atoms with Crippen molar-refractivity contribution >= 4 is 23.5 Å². The molecule has 0 radical (unpaired) electrons. The number of aryl methyl sites for hydroxylation is 2. The predicted molar refractivity (Wildman–Crippen MR) is 91.4 cm³/mol. The summed E-state index contributed by atoms with van der Waals surface area (Å²) in [5.74, 6) is -0.876. The molecule has 1 aliphatic heterocycles. The van der Waals surface area contributed by atoms with Crippen molar-refractivity contribution in [2.24, 2.45) is 0 Å². The number of urea groups is 1. The van der Waals surface area contributed by atoms with E-state index in [2.05, 4.69) is 10.7 Å². The molecule has 2 rings (SSSR count). The average molecular weight is 332 g/mol. The van der Waals surface area contributed by atoms with Gasteiger partial charge >= 0.3 is 6.03 Å². The first-order valence-electron chi connectivity index (χ1n) is 7.92. The summed E-state index contributed by atoms with van der Waals surface area (Å²) in [5, 5.41) is 3.36. The molecular weight excluding hydrogens is 308 g/mol. The van der Waals surface area contributed by atoms with Gasteiger partial charge in [-0.05, 0) is 38.8 Å². The Balaban J connectivity index is 2.03. The van der Waals surface area contributed by atoms with Crippen LogP contribution in [0.5, 0.6) is 0 Å². The van der Waals surface area contributed by atoms with Gasteiger partial charge in [0.2, 0.25) is 0 Å². The van der Waals surface area contributed by atoms with Crippen molar-refractivity contribution in [2.75, 3.05) is 18.5 Å². The minimum absolute atomic E-state index is 0.0315. The van der Waals surface area contributed by atoms with Gasteiger partial charge in [0.05, 0.1) is 6.54 Å². The van der Waals surface area contributed by atoms with Gasteiger partial charge in [0.1, 0.15) is 5.54 Å². The van der Waals surface area contributed by atoms with E-state index in [-0.39, 0.29) is 6.54 Å². The Labute approximate surface area is 142 Å². The molecule has 1 fully saturated rings. The highest BCUT2D eigenvalue weighted by Gasteiger charge is 2.47. The number of nitrogens with one attached hydrogen (secondary N) is 2. The third-order valence-electron chi connectivity index (χ3n) is 4.35. The average Bonchev–Trinajstić information content (AvgIpc) is 2.71. The largest absolute Gasteiger partial charge is 0.365 e. The number of amides is 4. The van der Waals surface area contributed by atoms with Gasteiger partial charge in [0.15, 0.2) is 0 Å². The van der Waals surface area contributed by atoms with E-state index >= 15 is 0 Å². The van der Waals surface area contributed by atoms with Gasteiger partial charge in [0, 0.05) is 12.7 Å². The van der Waals surface area contributed by atoms with Gasteiger partial charge in [-0.15, -0.1) is 0 Å². The van der Waals surface area contributed by atoms with E-state index in [0.717, 1.165) is 21.8 Å². The van der Waals surface area contributed by atoms with E-state index in [1.807, 2.05) is 32.0 Å². The summed E-state index contributed by atoms with van der Waals surface area (Å²) in [6.45, 7) is 7.45. The Kier molecular flexibility index (Phi) is 4.82. The van der Waals surface area contributed by atoms with E-state index in [1.165, 1.54) is 0 Å². The standard InChI is InChI=1S/C17H24N4O3/c1-6-17(4)15(23)21(16(24)18-17)19-14(22)10-20(5)13-8-7-11(2)9-12(13)3/h7-9H,6,10H2,1-5H3,(H,18,24)(H,19,22)/t17-/m0/s1. The lowest BCUT2D eigenvalue weighted by molar-refractivity contribution is -0.138. The molecule has 24 heavy (non-hydrogen) atoms. The molecule has 7 heteroatoms. The molecule has 7 nitrogen and oxygen atoms in total. The topological polar surface area (TPSA) is 81.8 Å². The minimum atomic E-state index is -0.968. The quantitative estimate of drug-likeness (QED) is 0.801. The van der Waals surface area contributed by atoms with Crippen LogP contribution in [0, 0.1) is 13.8 Å². The fourth-order valence-corrected chi connectivity index (χ4v) is 2.72. The molecule has 0 spiro atoms. The minimum Gasteiger partial charge on any atom is -0.365 e. The summed E-state index contributed by atoms with van der Waals surface area (Å²) in [5.41, 5.74) is 4.54. The predicted octanol–water partition coefficient (Wildman–Crippen LogP) is 1.49. The summed E-state index contributed by atoms with van der Waals surface area (Å²) >= 11 is 0. The van der Waals surface area contributed by atoms with Gasteiger partial charge in [-0.3, -0.25) is 15.0 Å². The van der Waals surface area contributed by atoms with Crippen LogP contribution >= 0.6 is 0 Å². The number of anilines is 1. The second kappa shape index (κ2) is 6.51. The number of nitrogens with zero attached hydrogens (tertiary/aromatic N) is 2. The Morgan fingerprint density at radius 3 is 2.54 bits per heavy atom. The van der Waals surface area contributed by atoms with E-state index < -0.39 is 23.4 Å². The molecule has 1 atom stereocenters. The van der Waals surface area contributed by atoms with Crippen LogP contribution < -0.4 is 15.6 Å². The molecule has 1 aliphatic rings. The number of benzene rings is 1. The van der Waals surface area contributed by atoms with Crippen molar-refractivity contribution < 1.29 is 14.4 Å². The first kappa shape index (κ1) is 17.8. The maximum absolute atomic E-state index is 12.3. The number of carbonyl (C=O) groups excluding carboxylic acids is 3. The summed E-state index contributed by atoms with van der Waals surface area (Å²) in [6.07, 6.45) is 0.451. The maximum Gasteiger partial charge on any atom is 0.344 e. The second-order valence-corrected chi connectivity index (χ2v) is 6.44. The van der Waals surface area contributed by atoms with Crippen LogP contribution in [0.4, 0.5) is 10.5 Å². The molecule has 130 valence electrons. The van der Waals surface area contributed by atoms with Crippen molar-refractivity contribution in [3.63, 3.8) is 0 Å². The van der Waals surface area contributed by atoms with Gasteiger partial charge in [-0.2, -0.15) is 5.01 Å². The third-order valence-corrected chi connectivity index (χ3v) is 4.35. The molecule has 1 aromatic carbocycles. The molecular formula is C17H24N4O3. The van der Waals surface area contributed by atoms with Crippen LogP contribution in [0.25, 0.3) is 0 Å². The fourth-order valence-electron chi connectivity index (χ4n) is 2.72. The van der Waals surface area contributed by atoms with Crippen LogP contribution in [0.1, 0.15) is 31.4 Å². The van der Waals surface area contributed by atoms with Gasteiger partial charge in [-0.25, -0.2) is 4.79 Å². The van der Waals surface area contributed by atoms with Crippen LogP contribution in [-0.2, 0) is 9.59 Å². The molecule has 0 saturated carbocycles. The summed E-state index contributed by atoms with van der Waals surface area (Å²) in [4.78, 5) is 38.2. The van der Waals surface area contributed by atoms with Crippen LogP contribution in [0.2, 0.25) is 0 Å². The zero-order chi connectivity index (χ0) is 18.1. The summed E-state index contributed by atoms with van der Waals surface area (Å²) < 4.78 is 0. The zero-order valence-electron chi connectivity index (χ0n) is 14.8. The molecule has 0 aliphatic carbocycles. The lowest BCUT2D eigenvalue weighted by Gasteiger charge is -2.23. The van der Waals surface area contributed by atoms with Crippen LogP contribution in [-0.4, -0.2) is 42.0 Å². The SMILES string of the molecule is CC[C@]1(C)NC(=O)N(NC(=O)CN(C)c2ccc(C)cc2C)C1=O. The van der Waals surface area contributed by atoms with E-state index in [4.69, 9.17) is 0 Å². The van der Waals surface area contributed by atoms with E-state index in [0.29, 0.717) is 6.42 Å². The molecule has 4 amide bonds. The monoisotopic (exact) mass is 332 g/mol. The van der Waals surface area contributed by atoms with Crippen LogP contribution in [0.3, 0.4) is 0 Å². The van der Waals surface area contributed by atoms with Gasteiger partial charge in [0.25, 0.3) is 11.8 Å². The Bertz CT molecular complexity index is 688. The highest BCUT2D eigenvalue weighted by Crippen LogP contribution is 2.21. The third kappa shape index (κ3) is 3.34. The van der Waals surface area contributed by atoms with Crippen molar-refractivity contribution in [3.8, 4) is 0 Å². The maximum atomic E-state index is 12.3. The molecule has 1 saturated heterocycles. The number of imide groups is 1. The highest BCUT2D eigenvalue weighted by atomic mass is 16.2. The summed E-state index contributed by atoms with van der Waals surface area (Å²) in [6, 6.07) is 5.35. The van der Waals surface area contributed by atoms with E-state index in [1.54, 1.807) is 25.8 Å². The molecule has 1 aromatic rings. The Morgan fingerprint density at radius 2 is 2.00 bits per heavy atom. The number of hydrogen-bond donors (Lipinski definition) is 2. The number of hydrazine groups is 1. The Hall–Kier alpha value is -2.57. The molecule has 2 N–H and O–H groups in total. The molecule has 0 aromatic heterocycles. The second-order valence-electron chi connectivity index (χ2n) is 6.44. The zero-order valence-corrected chi connectivity index (χ0v) is 14.8. The molecule has 0 bridgehead atoms. The number of likely N-dealkylation sites (N-methyl/N-ethyl adjacent to an activating group) is 1. The van der Waals surface area contributed by atoms with Crippen molar-refractivity contribution in [2.45, 2.75) is 39.7 Å². The van der Waals surface area contributed by atoms with Gasteiger partial charge in [-0.1, -0.05) is 24.6 Å². The lowest BCUT2D eigenvalue weighted by Crippen LogP contribution is -2.50. The van der Waals surface area contributed by atoms with Crippen molar-refractivity contribution in [1.29, 1.82) is 0 Å². The Morgan fingerprint density at radius 1 is 1.33 bits per heavy atom. The fraction of sp³-hybridized carbons (Fsp3) is 0.471. The highest BCUT2D eigenvalue weighted by molar-refractivity contribution is 6.07. The van der Waals surface area contributed by atoms with Crippen LogP contribution in [0.15, 0.2) is 18.2 Å². The number of carbonyl (C=O) groups is 3. The number of hydrogen-bond acceptors (Lipinski definition) is 4. The first-order chi connectivity index (χ1) is 11.2. The smallest absolute Gasteiger partial charge is 0.344 e. The lowest BCUT2D eigenvalue weighted by atomic mass is 10.00. The number of rotatable bonds is 5. The summed E-state index contributed by atoms with van der Waals surface area (Å²) in [7, 11) is 1.79.